The molecule has 0 aliphatic rings. The van der Waals surface area contributed by atoms with Gasteiger partial charge in [0.1, 0.15) is 12.3 Å². The molecule has 8 nitrogen and oxygen atoms in total. The molecule has 9 heteroatoms. The molecule has 0 aliphatic carbocycles. The van der Waals surface area contributed by atoms with E-state index in [9.17, 15) is 18.0 Å². The van der Waals surface area contributed by atoms with Gasteiger partial charge >= 0.3 is 0 Å². The third-order valence-electron chi connectivity index (χ3n) is 5.38. The summed E-state index contributed by atoms with van der Waals surface area (Å²) < 4.78 is 31.4. The van der Waals surface area contributed by atoms with E-state index in [2.05, 4.69) is 10.6 Å². The van der Waals surface area contributed by atoms with Crippen LogP contribution in [0.4, 0.5) is 11.4 Å². The monoisotopic (exact) mass is 495 g/mol. The van der Waals surface area contributed by atoms with E-state index in [-0.39, 0.29) is 28.9 Å². The van der Waals surface area contributed by atoms with E-state index in [1.54, 1.807) is 42.5 Å². The second-order valence-corrected chi connectivity index (χ2v) is 10.1. The summed E-state index contributed by atoms with van der Waals surface area (Å²) in [5.41, 5.74) is 2.55. The molecule has 3 rings (SSSR count). The molecule has 184 valence electrons. The minimum Gasteiger partial charge on any atom is -0.495 e. The van der Waals surface area contributed by atoms with Crippen LogP contribution in [0.15, 0.2) is 72.8 Å². The smallest absolute Gasteiger partial charge is 0.253 e. The standard InChI is InChI=1S/C26H29N3O5S/c1-18-14-15-24(34-3)23(16-18)29(35(4,32)33)17-25(30)28-22-13-9-8-12-21(22)26(31)27-19(2)20-10-6-5-7-11-20/h5-16,19H,17H2,1-4H3,(H,27,31)(H,28,30)/t19-/m0/s1. The van der Waals surface area contributed by atoms with Gasteiger partial charge in [-0.05, 0) is 49.2 Å². The lowest BCUT2D eigenvalue weighted by Crippen LogP contribution is -2.38. The first kappa shape index (κ1) is 25.8. The number of amides is 2. The van der Waals surface area contributed by atoms with Crippen LogP contribution in [0.3, 0.4) is 0 Å². The van der Waals surface area contributed by atoms with E-state index in [1.165, 1.54) is 7.11 Å². The van der Waals surface area contributed by atoms with Crippen LogP contribution in [-0.4, -0.2) is 40.1 Å². The van der Waals surface area contributed by atoms with Crippen molar-refractivity contribution < 1.29 is 22.7 Å². The highest BCUT2D eigenvalue weighted by Gasteiger charge is 2.25. The quantitative estimate of drug-likeness (QED) is 0.469. The van der Waals surface area contributed by atoms with Crippen LogP contribution < -0.4 is 19.7 Å². The van der Waals surface area contributed by atoms with Crippen molar-refractivity contribution in [3.8, 4) is 5.75 Å². The Hall–Kier alpha value is -3.85. The van der Waals surface area contributed by atoms with Crippen LogP contribution in [0.5, 0.6) is 5.75 Å². The lowest BCUT2D eigenvalue weighted by Gasteiger charge is -2.24. The molecule has 2 amide bonds. The Morgan fingerprint density at radius 2 is 1.66 bits per heavy atom. The number of ether oxygens (including phenoxy) is 1. The molecule has 0 saturated carbocycles. The van der Waals surface area contributed by atoms with Crippen molar-refractivity contribution in [2.24, 2.45) is 0 Å². The number of para-hydroxylation sites is 1. The van der Waals surface area contributed by atoms with Crippen LogP contribution in [0.2, 0.25) is 0 Å². The molecule has 0 saturated heterocycles. The zero-order valence-corrected chi connectivity index (χ0v) is 20.9. The molecule has 0 aromatic heterocycles. The Bertz CT molecular complexity index is 1310. The van der Waals surface area contributed by atoms with Gasteiger partial charge in [0.25, 0.3) is 5.91 Å². The number of benzene rings is 3. The first-order valence-electron chi connectivity index (χ1n) is 11.0. The molecule has 3 aromatic rings. The topological polar surface area (TPSA) is 105 Å². The van der Waals surface area contributed by atoms with Gasteiger partial charge in [-0.15, -0.1) is 0 Å². The fourth-order valence-electron chi connectivity index (χ4n) is 3.59. The molecule has 0 spiro atoms. The number of carbonyl (C=O) groups excluding carboxylic acids is 2. The zero-order chi connectivity index (χ0) is 25.6. The number of hydrogen-bond acceptors (Lipinski definition) is 5. The van der Waals surface area contributed by atoms with E-state index in [0.717, 1.165) is 21.7 Å². The maximum Gasteiger partial charge on any atom is 0.253 e. The molecule has 0 fully saturated rings. The van der Waals surface area contributed by atoms with Gasteiger partial charge in [0.05, 0.1) is 36.3 Å². The second kappa shape index (κ2) is 11.1. The normalized spacial score (nSPS) is 11.9. The molecule has 3 aromatic carbocycles. The Balaban J connectivity index is 1.81. The average Bonchev–Trinajstić information content (AvgIpc) is 2.82. The van der Waals surface area contributed by atoms with E-state index in [4.69, 9.17) is 4.74 Å². The summed E-state index contributed by atoms with van der Waals surface area (Å²) in [6, 6.07) is 20.9. The Morgan fingerprint density at radius 1 is 1.00 bits per heavy atom. The van der Waals surface area contributed by atoms with Crippen LogP contribution in [-0.2, 0) is 14.8 Å². The van der Waals surface area contributed by atoms with Gasteiger partial charge in [-0.25, -0.2) is 8.42 Å². The molecule has 1 atom stereocenters. The van der Waals surface area contributed by atoms with Crippen LogP contribution >= 0.6 is 0 Å². The number of anilines is 2. The summed E-state index contributed by atoms with van der Waals surface area (Å²) in [6.45, 7) is 3.19. The number of rotatable bonds is 9. The fourth-order valence-corrected chi connectivity index (χ4v) is 4.44. The maximum absolute atomic E-state index is 13.0. The number of nitrogens with one attached hydrogen (secondary N) is 2. The van der Waals surface area contributed by atoms with Crippen molar-refractivity contribution in [3.63, 3.8) is 0 Å². The maximum atomic E-state index is 13.0. The largest absolute Gasteiger partial charge is 0.495 e. The number of carbonyl (C=O) groups is 2. The number of nitrogens with zero attached hydrogens (tertiary/aromatic N) is 1. The molecule has 35 heavy (non-hydrogen) atoms. The zero-order valence-electron chi connectivity index (χ0n) is 20.1. The van der Waals surface area contributed by atoms with E-state index < -0.39 is 22.5 Å². The predicted octanol–water partition coefficient (Wildman–Crippen LogP) is 3.90. The molecule has 0 radical (unpaired) electrons. The lowest BCUT2D eigenvalue weighted by atomic mass is 10.1. The van der Waals surface area contributed by atoms with Crippen LogP contribution in [0.25, 0.3) is 0 Å². The Morgan fingerprint density at radius 3 is 2.31 bits per heavy atom. The van der Waals surface area contributed by atoms with Crippen molar-refractivity contribution in [3.05, 3.63) is 89.5 Å². The summed E-state index contributed by atoms with van der Waals surface area (Å²) in [6.07, 6.45) is 1.02. The van der Waals surface area contributed by atoms with Gasteiger partial charge in [-0.3, -0.25) is 13.9 Å². The summed E-state index contributed by atoms with van der Waals surface area (Å²) in [7, 11) is -2.38. The third kappa shape index (κ3) is 6.60. The molecule has 0 bridgehead atoms. The Kier molecular flexibility index (Phi) is 8.14. The summed E-state index contributed by atoms with van der Waals surface area (Å²) in [5, 5.41) is 5.61. The highest BCUT2D eigenvalue weighted by Crippen LogP contribution is 2.31. The summed E-state index contributed by atoms with van der Waals surface area (Å²) >= 11 is 0. The summed E-state index contributed by atoms with van der Waals surface area (Å²) in [5.74, 6) is -0.642. The van der Waals surface area contributed by atoms with Gasteiger partial charge in [-0.2, -0.15) is 0 Å². The van der Waals surface area contributed by atoms with Gasteiger partial charge in [0.15, 0.2) is 0 Å². The predicted molar refractivity (Wildman–Crippen MR) is 137 cm³/mol. The molecule has 0 unspecified atom stereocenters. The minimum absolute atomic E-state index is 0.248. The molecular weight excluding hydrogens is 466 g/mol. The van der Waals surface area contributed by atoms with Crippen molar-refractivity contribution in [1.29, 1.82) is 0 Å². The van der Waals surface area contributed by atoms with Crippen LogP contribution in [0.1, 0.15) is 34.5 Å². The van der Waals surface area contributed by atoms with Gasteiger partial charge in [-0.1, -0.05) is 48.5 Å². The molecule has 0 heterocycles. The van der Waals surface area contributed by atoms with E-state index in [1.807, 2.05) is 44.2 Å². The first-order valence-corrected chi connectivity index (χ1v) is 12.8. The molecular formula is C26H29N3O5S. The minimum atomic E-state index is -3.81. The SMILES string of the molecule is COc1ccc(C)cc1N(CC(=O)Nc1ccccc1C(=O)N[C@@H](C)c1ccccc1)S(C)(=O)=O. The average molecular weight is 496 g/mol. The number of methoxy groups -OCH3 is 1. The highest BCUT2D eigenvalue weighted by atomic mass is 32.2. The molecule has 0 aliphatic heterocycles. The van der Waals surface area contributed by atoms with Crippen molar-refractivity contribution in [2.45, 2.75) is 19.9 Å². The van der Waals surface area contributed by atoms with Gasteiger partial charge < -0.3 is 15.4 Å². The summed E-state index contributed by atoms with van der Waals surface area (Å²) in [4.78, 5) is 25.9. The fraction of sp³-hybridized carbons (Fsp3) is 0.231. The van der Waals surface area contributed by atoms with Crippen LogP contribution in [0, 0.1) is 6.92 Å². The van der Waals surface area contributed by atoms with E-state index >= 15 is 0 Å². The number of hydrogen-bond donors (Lipinski definition) is 2. The highest BCUT2D eigenvalue weighted by molar-refractivity contribution is 7.92. The van der Waals surface area contributed by atoms with Crippen molar-refractivity contribution in [2.75, 3.05) is 29.5 Å². The number of aryl methyl sites for hydroxylation is 1. The third-order valence-corrected chi connectivity index (χ3v) is 6.51. The van der Waals surface area contributed by atoms with Crippen molar-refractivity contribution in [1.82, 2.24) is 5.32 Å². The first-order chi connectivity index (χ1) is 16.6. The van der Waals surface area contributed by atoms with E-state index in [0.29, 0.717) is 5.75 Å². The van der Waals surface area contributed by atoms with Crippen molar-refractivity contribution >= 4 is 33.2 Å². The second-order valence-electron chi connectivity index (χ2n) is 8.14. The van der Waals surface area contributed by atoms with Gasteiger partial charge in [0.2, 0.25) is 15.9 Å². The molecule has 2 N–H and O–H groups in total. The number of sulfonamides is 1. The Labute approximate surface area is 206 Å². The van der Waals surface area contributed by atoms with Gasteiger partial charge in [0, 0.05) is 0 Å². The lowest BCUT2D eigenvalue weighted by molar-refractivity contribution is -0.114.